The van der Waals surface area contributed by atoms with Gasteiger partial charge in [0.2, 0.25) is 0 Å². The van der Waals surface area contributed by atoms with Crippen molar-refractivity contribution >= 4 is 17.6 Å². The van der Waals surface area contributed by atoms with Gasteiger partial charge < -0.3 is 14.6 Å². The van der Waals surface area contributed by atoms with Crippen LogP contribution in [0.4, 0.5) is 0 Å². The van der Waals surface area contributed by atoms with Crippen LogP contribution in [0.5, 0.6) is 5.75 Å². The Bertz CT molecular complexity index is 712. The zero-order valence-corrected chi connectivity index (χ0v) is 12.4. The molecule has 1 amide bonds. The summed E-state index contributed by atoms with van der Waals surface area (Å²) < 4.78 is 4.98. The second-order valence-electron chi connectivity index (χ2n) is 4.54. The van der Waals surface area contributed by atoms with E-state index in [1.54, 1.807) is 49.4 Å². The maximum atomic E-state index is 11.8. The SMILES string of the molecule is C/C(=N/NC(=O)c1ccccn1)c1ccc(OCC(=O)[O-])cc1. The Balaban J connectivity index is 1.98. The van der Waals surface area contributed by atoms with Crippen molar-refractivity contribution in [3.8, 4) is 5.75 Å². The van der Waals surface area contributed by atoms with Crippen molar-refractivity contribution in [2.24, 2.45) is 5.10 Å². The molecule has 23 heavy (non-hydrogen) atoms. The number of ether oxygens (including phenoxy) is 1. The number of hydrogen-bond donors (Lipinski definition) is 1. The van der Waals surface area contributed by atoms with Crippen LogP contribution in [0, 0.1) is 0 Å². The van der Waals surface area contributed by atoms with Crippen LogP contribution >= 0.6 is 0 Å². The molecule has 0 atom stereocenters. The molecule has 0 bridgehead atoms. The lowest BCUT2D eigenvalue weighted by Crippen LogP contribution is -2.28. The Labute approximate surface area is 132 Å². The number of aromatic nitrogens is 1. The summed E-state index contributed by atoms with van der Waals surface area (Å²) in [6, 6.07) is 11.6. The fraction of sp³-hybridized carbons (Fsp3) is 0.125. The minimum Gasteiger partial charge on any atom is -0.546 e. The zero-order chi connectivity index (χ0) is 16.7. The number of nitrogens with zero attached hydrogens (tertiary/aromatic N) is 2. The summed E-state index contributed by atoms with van der Waals surface area (Å²) in [5, 5.41) is 14.3. The van der Waals surface area contributed by atoms with Crippen LogP contribution < -0.4 is 15.3 Å². The standard InChI is InChI=1S/C16H15N3O4/c1-11(18-19-16(22)14-4-2-3-9-17-14)12-5-7-13(8-6-12)23-10-15(20)21/h2-9H,10H2,1H3,(H,19,22)(H,20,21)/p-1/b18-11-. The molecule has 0 aliphatic rings. The van der Waals surface area contributed by atoms with Gasteiger partial charge in [0, 0.05) is 6.20 Å². The van der Waals surface area contributed by atoms with Crippen molar-refractivity contribution in [2.75, 3.05) is 6.61 Å². The molecule has 1 aromatic carbocycles. The molecule has 118 valence electrons. The lowest BCUT2D eigenvalue weighted by atomic mass is 10.1. The van der Waals surface area contributed by atoms with E-state index in [1.807, 2.05) is 0 Å². The van der Waals surface area contributed by atoms with Crippen LogP contribution in [-0.2, 0) is 4.79 Å². The van der Waals surface area contributed by atoms with Gasteiger partial charge in [-0.3, -0.25) is 9.78 Å². The molecule has 0 saturated heterocycles. The van der Waals surface area contributed by atoms with Gasteiger partial charge in [-0.15, -0.1) is 0 Å². The predicted octanol–water partition coefficient (Wildman–Crippen LogP) is 0.364. The first-order valence-electron chi connectivity index (χ1n) is 6.75. The van der Waals surface area contributed by atoms with E-state index in [0.29, 0.717) is 11.5 Å². The first kappa shape index (κ1) is 16.2. The van der Waals surface area contributed by atoms with Crippen LogP contribution in [0.3, 0.4) is 0 Å². The number of nitrogens with one attached hydrogen (secondary N) is 1. The Kier molecular flexibility index (Phi) is 5.40. The fourth-order valence-corrected chi connectivity index (χ4v) is 1.69. The summed E-state index contributed by atoms with van der Waals surface area (Å²) in [6.07, 6.45) is 1.52. The second kappa shape index (κ2) is 7.69. The molecule has 0 spiro atoms. The lowest BCUT2D eigenvalue weighted by molar-refractivity contribution is -0.307. The highest BCUT2D eigenvalue weighted by Gasteiger charge is 2.05. The summed E-state index contributed by atoms with van der Waals surface area (Å²) in [5.74, 6) is -1.29. The second-order valence-corrected chi connectivity index (χ2v) is 4.54. The quantitative estimate of drug-likeness (QED) is 0.613. The number of rotatable bonds is 6. The maximum absolute atomic E-state index is 11.8. The molecule has 1 N–H and O–H groups in total. The van der Waals surface area contributed by atoms with E-state index in [0.717, 1.165) is 5.56 Å². The van der Waals surface area contributed by atoms with Gasteiger partial charge in [-0.1, -0.05) is 6.07 Å². The Morgan fingerprint density at radius 3 is 2.57 bits per heavy atom. The molecule has 0 fully saturated rings. The minimum atomic E-state index is -1.29. The molecule has 7 nitrogen and oxygen atoms in total. The number of amides is 1. The molecular formula is C16H14N3O4-. The Hall–Kier alpha value is -3.22. The number of pyridine rings is 1. The summed E-state index contributed by atoms with van der Waals surface area (Å²) in [6.45, 7) is 1.22. The van der Waals surface area contributed by atoms with Crippen molar-refractivity contribution in [2.45, 2.75) is 6.92 Å². The monoisotopic (exact) mass is 312 g/mol. The molecule has 0 radical (unpaired) electrons. The van der Waals surface area contributed by atoms with Gasteiger partial charge in [-0.2, -0.15) is 5.10 Å². The van der Waals surface area contributed by atoms with Crippen LogP contribution in [-0.4, -0.2) is 29.2 Å². The maximum Gasteiger partial charge on any atom is 0.289 e. The third-order valence-corrected chi connectivity index (χ3v) is 2.85. The van der Waals surface area contributed by atoms with Crippen molar-refractivity contribution < 1.29 is 19.4 Å². The highest BCUT2D eigenvalue weighted by Crippen LogP contribution is 2.12. The fourth-order valence-electron chi connectivity index (χ4n) is 1.69. The molecule has 1 aromatic heterocycles. The van der Waals surface area contributed by atoms with Crippen molar-refractivity contribution in [3.05, 3.63) is 59.9 Å². The highest BCUT2D eigenvalue weighted by molar-refractivity contribution is 6.00. The van der Waals surface area contributed by atoms with Gasteiger partial charge in [-0.25, -0.2) is 5.43 Å². The highest BCUT2D eigenvalue weighted by atomic mass is 16.5. The molecule has 0 saturated carbocycles. The number of aliphatic carboxylic acids is 1. The predicted molar refractivity (Wildman–Crippen MR) is 80.9 cm³/mol. The summed E-state index contributed by atoms with van der Waals surface area (Å²) in [7, 11) is 0. The number of benzene rings is 1. The van der Waals surface area contributed by atoms with Crippen LogP contribution in [0.15, 0.2) is 53.8 Å². The molecular weight excluding hydrogens is 298 g/mol. The smallest absolute Gasteiger partial charge is 0.289 e. The van der Waals surface area contributed by atoms with Crippen LogP contribution in [0.1, 0.15) is 23.0 Å². The van der Waals surface area contributed by atoms with E-state index in [1.165, 1.54) is 6.20 Å². The number of hydrazone groups is 1. The molecule has 1 heterocycles. The summed E-state index contributed by atoms with van der Waals surface area (Å²) in [5.41, 5.74) is 4.04. The van der Waals surface area contributed by atoms with Crippen LogP contribution in [0.2, 0.25) is 0 Å². The average Bonchev–Trinajstić information content (AvgIpc) is 2.58. The van der Waals surface area contributed by atoms with Crippen LogP contribution in [0.25, 0.3) is 0 Å². The lowest BCUT2D eigenvalue weighted by Gasteiger charge is -2.07. The normalized spacial score (nSPS) is 10.9. The number of carboxylic acids is 1. The van der Waals surface area contributed by atoms with E-state index >= 15 is 0 Å². The van der Waals surface area contributed by atoms with Gasteiger partial charge in [0.15, 0.2) is 0 Å². The summed E-state index contributed by atoms with van der Waals surface area (Å²) in [4.78, 5) is 26.1. The molecule has 0 aliphatic carbocycles. The van der Waals surface area contributed by atoms with Gasteiger partial charge in [0.25, 0.3) is 5.91 Å². The molecule has 2 rings (SSSR count). The third kappa shape index (κ3) is 4.92. The van der Waals surface area contributed by atoms with Gasteiger partial charge >= 0.3 is 0 Å². The average molecular weight is 312 g/mol. The van der Waals surface area contributed by atoms with Crippen molar-refractivity contribution in [1.29, 1.82) is 0 Å². The zero-order valence-electron chi connectivity index (χ0n) is 12.4. The molecule has 2 aromatic rings. The van der Waals surface area contributed by atoms with Gasteiger partial charge in [0.1, 0.15) is 18.1 Å². The molecule has 0 unspecified atom stereocenters. The Morgan fingerprint density at radius 1 is 1.22 bits per heavy atom. The van der Waals surface area contributed by atoms with Crippen molar-refractivity contribution in [1.82, 2.24) is 10.4 Å². The third-order valence-electron chi connectivity index (χ3n) is 2.85. The topological polar surface area (TPSA) is 104 Å². The van der Waals surface area contributed by atoms with E-state index < -0.39 is 18.5 Å². The number of carbonyl (C=O) groups is 2. The van der Waals surface area contributed by atoms with Crippen molar-refractivity contribution in [3.63, 3.8) is 0 Å². The number of hydrogen-bond acceptors (Lipinski definition) is 6. The van der Waals surface area contributed by atoms with E-state index in [-0.39, 0.29) is 5.69 Å². The molecule has 7 heteroatoms. The Morgan fingerprint density at radius 2 is 1.96 bits per heavy atom. The number of carboxylic acid groups (broad SMARTS) is 1. The van der Waals surface area contributed by atoms with E-state index in [4.69, 9.17) is 4.74 Å². The largest absolute Gasteiger partial charge is 0.546 e. The van der Waals surface area contributed by atoms with E-state index in [2.05, 4.69) is 15.5 Å². The first-order chi connectivity index (χ1) is 11.1. The van der Waals surface area contributed by atoms with E-state index in [9.17, 15) is 14.7 Å². The summed E-state index contributed by atoms with van der Waals surface area (Å²) >= 11 is 0. The first-order valence-corrected chi connectivity index (χ1v) is 6.75. The minimum absolute atomic E-state index is 0.273. The van der Waals surface area contributed by atoms with Gasteiger partial charge in [-0.05, 0) is 48.9 Å². The van der Waals surface area contributed by atoms with Gasteiger partial charge in [0.05, 0.1) is 11.7 Å². The molecule has 0 aliphatic heterocycles. The number of carbonyl (C=O) groups excluding carboxylic acids is 2.